The van der Waals surface area contributed by atoms with Crippen LogP contribution in [0.4, 0.5) is 0 Å². The van der Waals surface area contributed by atoms with E-state index in [2.05, 4.69) is 47.6 Å². The first-order valence-electron chi connectivity index (χ1n) is 13.4. The molecule has 0 unspecified atom stereocenters. The fourth-order valence-corrected chi connectivity index (χ4v) is 8.76. The van der Waals surface area contributed by atoms with E-state index >= 15 is 0 Å². The normalized spacial score (nSPS) is 44.2. The van der Waals surface area contributed by atoms with Gasteiger partial charge in [0.1, 0.15) is 0 Å². The van der Waals surface area contributed by atoms with E-state index in [0.29, 0.717) is 17.8 Å². The van der Waals surface area contributed by atoms with Gasteiger partial charge in [0.25, 0.3) is 0 Å². The molecule has 0 aliphatic heterocycles. The summed E-state index contributed by atoms with van der Waals surface area (Å²) in [5, 5.41) is 21.6. The highest BCUT2D eigenvalue weighted by Crippen LogP contribution is 2.65. The van der Waals surface area contributed by atoms with Crippen molar-refractivity contribution < 1.29 is 10.2 Å². The number of allylic oxidation sites excluding steroid dienone is 3. The summed E-state index contributed by atoms with van der Waals surface area (Å²) >= 11 is 0. The quantitative estimate of drug-likeness (QED) is 0.460. The van der Waals surface area contributed by atoms with E-state index in [4.69, 9.17) is 0 Å². The van der Waals surface area contributed by atoms with Crippen LogP contribution in [0.3, 0.4) is 0 Å². The predicted molar refractivity (Wildman–Crippen MR) is 130 cm³/mol. The van der Waals surface area contributed by atoms with Gasteiger partial charge >= 0.3 is 0 Å². The van der Waals surface area contributed by atoms with E-state index in [1.807, 2.05) is 0 Å². The van der Waals surface area contributed by atoms with Gasteiger partial charge < -0.3 is 10.2 Å². The number of aliphatic hydroxyl groups excluding tert-OH is 2. The Labute approximate surface area is 191 Å². The lowest BCUT2D eigenvalue weighted by Gasteiger charge is -2.58. The molecule has 0 amide bonds. The highest BCUT2D eigenvalue weighted by molar-refractivity contribution is 5.37. The van der Waals surface area contributed by atoms with Crippen LogP contribution in [0.2, 0.25) is 0 Å². The standard InChI is InChI=1S/C29H48O2/c1-7-20(18(2)3)9-8-19(4)23-10-11-24-27-25(13-15-29(23,24)6)28(5)14-12-22(30)16-21(28)17-26(27)31/h7,18-19,21-23,25-26,30-31H,8-17H2,1-6H3/b20-7-/t19-,21-,22+,23-,25+,26-,28+,29-/m1/s1. The molecule has 0 spiro atoms. The maximum Gasteiger partial charge on any atom is 0.0758 e. The summed E-state index contributed by atoms with van der Waals surface area (Å²) in [6, 6.07) is 0. The third-order valence-electron chi connectivity index (χ3n) is 10.7. The number of hydrogen-bond acceptors (Lipinski definition) is 2. The summed E-state index contributed by atoms with van der Waals surface area (Å²) in [5.74, 6) is 3.18. The molecule has 31 heavy (non-hydrogen) atoms. The van der Waals surface area contributed by atoms with E-state index in [0.717, 1.165) is 37.5 Å². The SMILES string of the molecule is C/C=C(/CC[C@@H](C)[C@H]1CCC2=C3[C@H](O)C[C@H]4C[C@@H](O)CC[C@]4(C)[C@H]3CC[C@@]21C)C(C)C. The van der Waals surface area contributed by atoms with Crippen molar-refractivity contribution in [2.45, 2.75) is 118 Å². The molecule has 0 radical (unpaired) electrons. The number of hydrogen-bond donors (Lipinski definition) is 2. The van der Waals surface area contributed by atoms with Gasteiger partial charge in [0.05, 0.1) is 12.2 Å². The highest BCUT2D eigenvalue weighted by atomic mass is 16.3. The predicted octanol–water partition coefficient (Wildman–Crippen LogP) is 7.06. The van der Waals surface area contributed by atoms with Crippen LogP contribution in [0, 0.1) is 40.4 Å². The zero-order valence-electron chi connectivity index (χ0n) is 21.1. The van der Waals surface area contributed by atoms with Crippen LogP contribution in [0.1, 0.15) is 106 Å². The molecule has 2 N–H and O–H groups in total. The summed E-state index contributed by atoms with van der Waals surface area (Å²) in [5.41, 5.74) is 5.31. The first kappa shape index (κ1) is 23.6. The Morgan fingerprint density at radius 1 is 1.06 bits per heavy atom. The van der Waals surface area contributed by atoms with Crippen molar-refractivity contribution in [3.05, 3.63) is 22.8 Å². The fraction of sp³-hybridized carbons (Fsp3) is 0.862. The summed E-state index contributed by atoms with van der Waals surface area (Å²) in [4.78, 5) is 0. The van der Waals surface area contributed by atoms with Gasteiger partial charge in [-0.1, -0.05) is 51.8 Å². The Kier molecular flexibility index (Phi) is 6.56. The van der Waals surface area contributed by atoms with Crippen molar-refractivity contribution in [1.29, 1.82) is 0 Å². The van der Waals surface area contributed by atoms with Gasteiger partial charge in [-0.3, -0.25) is 0 Å². The second-order valence-corrected chi connectivity index (χ2v) is 12.5. The van der Waals surface area contributed by atoms with E-state index in [1.165, 1.54) is 44.1 Å². The number of fused-ring (bicyclic) bond motifs is 4. The van der Waals surface area contributed by atoms with Gasteiger partial charge in [0, 0.05) is 0 Å². The molecule has 0 aromatic heterocycles. The third kappa shape index (κ3) is 3.88. The second-order valence-electron chi connectivity index (χ2n) is 12.5. The molecular weight excluding hydrogens is 380 g/mol. The van der Waals surface area contributed by atoms with Crippen molar-refractivity contribution in [3.63, 3.8) is 0 Å². The van der Waals surface area contributed by atoms with Gasteiger partial charge in [-0.15, -0.1) is 0 Å². The zero-order chi connectivity index (χ0) is 22.6. The summed E-state index contributed by atoms with van der Waals surface area (Å²) in [6.07, 6.45) is 13.3. The molecule has 8 atom stereocenters. The molecule has 3 saturated carbocycles. The van der Waals surface area contributed by atoms with Gasteiger partial charge in [-0.25, -0.2) is 0 Å². The fourth-order valence-electron chi connectivity index (χ4n) is 8.76. The number of rotatable bonds is 5. The van der Waals surface area contributed by atoms with E-state index < -0.39 is 0 Å². The Morgan fingerprint density at radius 3 is 2.48 bits per heavy atom. The zero-order valence-corrected chi connectivity index (χ0v) is 21.1. The van der Waals surface area contributed by atoms with Crippen LogP contribution in [-0.4, -0.2) is 22.4 Å². The maximum absolute atomic E-state index is 11.4. The minimum atomic E-state index is -0.271. The van der Waals surface area contributed by atoms with E-state index in [-0.39, 0.29) is 23.0 Å². The molecule has 0 saturated heterocycles. The second kappa shape index (κ2) is 8.64. The maximum atomic E-state index is 11.4. The third-order valence-corrected chi connectivity index (χ3v) is 10.7. The monoisotopic (exact) mass is 428 g/mol. The van der Waals surface area contributed by atoms with Crippen molar-refractivity contribution in [1.82, 2.24) is 0 Å². The van der Waals surface area contributed by atoms with Gasteiger partial charge in [-0.05, 0) is 117 Å². The van der Waals surface area contributed by atoms with Gasteiger partial charge in [-0.2, -0.15) is 0 Å². The molecule has 4 aliphatic carbocycles. The van der Waals surface area contributed by atoms with Crippen LogP contribution in [0.25, 0.3) is 0 Å². The van der Waals surface area contributed by atoms with Crippen molar-refractivity contribution in [2.75, 3.05) is 0 Å². The Hall–Kier alpha value is -0.600. The molecule has 0 aromatic carbocycles. The molecule has 2 nitrogen and oxygen atoms in total. The van der Waals surface area contributed by atoms with Crippen molar-refractivity contribution in [2.24, 2.45) is 40.4 Å². The van der Waals surface area contributed by atoms with E-state index in [9.17, 15) is 10.2 Å². The summed E-state index contributed by atoms with van der Waals surface area (Å²) in [6.45, 7) is 14.4. The number of aliphatic hydroxyl groups is 2. The minimum absolute atomic E-state index is 0.155. The van der Waals surface area contributed by atoms with Crippen LogP contribution in [0.5, 0.6) is 0 Å². The molecule has 3 fully saturated rings. The largest absolute Gasteiger partial charge is 0.393 e. The average molecular weight is 429 g/mol. The van der Waals surface area contributed by atoms with Crippen molar-refractivity contribution in [3.8, 4) is 0 Å². The van der Waals surface area contributed by atoms with Crippen molar-refractivity contribution >= 4 is 0 Å². The minimum Gasteiger partial charge on any atom is -0.393 e. The van der Waals surface area contributed by atoms with Gasteiger partial charge in [0.15, 0.2) is 0 Å². The lowest BCUT2D eigenvalue weighted by atomic mass is 9.48. The Morgan fingerprint density at radius 2 is 1.81 bits per heavy atom. The smallest absolute Gasteiger partial charge is 0.0758 e. The Bertz CT molecular complexity index is 733. The Balaban J connectivity index is 1.57. The molecule has 0 aromatic rings. The van der Waals surface area contributed by atoms with Crippen LogP contribution in [-0.2, 0) is 0 Å². The lowest BCUT2D eigenvalue weighted by Crippen LogP contribution is -2.52. The van der Waals surface area contributed by atoms with E-state index in [1.54, 1.807) is 11.1 Å². The molecule has 176 valence electrons. The molecule has 0 bridgehead atoms. The topological polar surface area (TPSA) is 40.5 Å². The van der Waals surface area contributed by atoms with Gasteiger partial charge in [0.2, 0.25) is 0 Å². The summed E-state index contributed by atoms with van der Waals surface area (Å²) in [7, 11) is 0. The van der Waals surface area contributed by atoms with Crippen LogP contribution < -0.4 is 0 Å². The highest BCUT2D eigenvalue weighted by Gasteiger charge is 2.57. The first-order chi connectivity index (χ1) is 14.6. The molecular formula is C29H48O2. The molecule has 4 rings (SSSR count). The van der Waals surface area contributed by atoms with Crippen LogP contribution >= 0.6 is 0 Å². The first-order valence-corrected chi connectivity index (χ1v) is 13.4. The molecule has 4 aliphatic rings. The molecule has 0 heterocycles. The average Bonchev–Trinajstić information content (AvgIpc) is 3.06. The van der Waals surface area contributed by atoms with Crippen LogP contribution in [0.15, 0.2) is 22.8 Å². The lowest BCUT2D eigenvalue weighted by molar-refractivity contribution is -0.0664. The summed E-state index contributed by atoms with van der Waals surface area (Å²) < 4.78 is 0. The molecule has 2 heteroatoms.